The SMILES string of the molecule is O=C(NC1CS(=O)(=O)CC1Cl)C1CCCc2ccccc21. The van der Waals surface area contributed by atoms with Gasteiger partial charge >= 0.3 is 0 Å². The summed E-state index contributed by atoms with van der Waals surface area (Å²) in [5.41, 5.74) is 2.28. The highest BCUT2D eigenvalue weighted by Gasteiger charge is 2.38. The maximum absolute atomic E-state index is 12.5. The molecular weight excluding hydrogens is 310 g/mol. The van der Waals surface area contributed by atoms with Crippen LogP contribution in [0.25, 0.3) is 0 Å². The van der Waals surface area contributed by atoms with E-state index < -0.39 is 21.3 Å². The fourth-order valence-corrected chi connectivity index (χ4v) is 5.80. The Hall–Kier alpha value is -1.07. The summed E-state index contributed by atoms with van der Waals surface area (Å²) in [6.07, 6.45) is 2.77. The first-order chi connectivity index (χ1) is 9.96. The van der Waals surface area contributed by atoms with E-state index in [0.717, 1.165) is 24.8 Å². The van der Waals surface area contributed by atoms with Crippen molar-refractivity contribution in [3.63, 3.8) is 0 Å². The second kappa shape index (κ2) is 5.61. The summed E-state index contributed by atoms with van der Waals surface area (Å²) in [5.74, 6) is -0.404. The molecule has 0 bridgehead atoms. The van der Waals surface area contributed by atoms with E-state index in [9.17, 15) is 13.2 Å². The molecular formula is C15H18ClNO3S. The largest absolute Gasteiger partial charge is 0.350 e. The molecule has 1 amide bonds. The van der Waals surface area contributed by atoms with Crippen LogP contribution in [0.1, 0.15) is 29.9 Å². The zero-order valence-electron chi connectivity index (χ0n) is 11.6. The fraction of sp³-hybridized carbons (Fsp3) is 0.533. The molecule has 114 valence electrons. The molecule has 1 aromatic rings. The number of hydrogen-bond acceptors (Lipinski definition) is 3. The maximum Gasteiger partial charge on any atom is 0.227 e. The van der Waals surface area contributed by atoms with Crippen molar-refractivity contribution in [3.8, 4) is 0 Å². The van der Waals surface area contributed by atoms with Crippen molar-refractivity contribution in [2.75, 3.05) is 11.5 Å². The predicted octanol–water partition coefficient (Wildman–Crippen LogP) is 1.63. The monoisotopic (exact) mass is 327 g/mol. The third kappa shape index (κ3) is 3.09. The number of rotatable bonds is 2. The summed E-state index contributed by atoms with van der Waals surface area (Å²) < 4.78 is 23.1. The number of nitrogens with one attached hydrogen (secondary N) is 1. The zero-order chi connectivity index (χ0) is 15.0. The molecule has 21 heavy (non-hydrogen) atoms. The molecule has 1 aromatic carbocycles. The van der Waals surface area contributed by atoms with Crippen molar-refractivity contribution >= 4 is 27.3 Å². The number of amides is 1. The summed E-state index contributed by atoms with van der Waals surface area (Å²) in [6.45, 7) is 0. The highest BCUT2D eigenvalue weighted by Crippen LogP contribution is 2.32. The minimum Gasteiger partial charge on any atom is -0.350 e. The average Bonchev–Trinajstić information content (AvgIpc) is 2.70. The van der Waals surface area contributed by atoms with Gasteiger partial charge in [0, 0.05) is 0 Å². The van der Waals surface area contributed by atoms with E-state index >= 15 is 0 Å². The van der Waals surface area contributed by atoms with Gasteiger partial charge in [-0.3, -0.25) is 4.79 Å². The van der Waals surface area contributed by atoms with E-state index in [1.54, 1.807) is 0 Å². The lowest BCUT2D eigenvalue weighted by atomic mass is 9.82. The van der Waals surface area contributed by atoms with Crippen molar-refractivity contribution in [1.29, 1.82) is 0 Å². The van der Waals surface area contributed by atoms with Gasteiger partial charge in [-0.25, -0.2) is 8.42 Å². The van der Waals surface area contributed by atoms with Crippen LogP contribution in [0.5, 0.6) is 0 Å². The normalized spacial score (nSPS) is 30.6. The standard InChI is InChI=1S/C15H18ClNO3S/c16-13-8-21(19,20)9-14(13)17-15(18)12-7-3-5-10-4-1-2-6-11(10)12/h1-2,4,6,12-14H,3,5,7-9H2,(H,17,18). The molecule has 1 saturated heterocycles. The Kier molecular flexibility index (Phi) is 3.97. The summed E-state index contributed by atoms with van der Waals surface area (Å²) in [5, 5.41) is 2.31. The number of sulfone groups is 1. The van der Waals surface area contributed by atoms with Gasteiger partial charge in [0.15, 0.2) is 9.84 Å². The summed E-state index contributed by atoms with van der Waals surface area (Å²) >= 11 is 6.05. The van der Waals surface area contributed by atoms with Gasteiger partial charge in [-0.2, -0.15) is 0 Å². The second-order valence-corrected chi connectivity index (χ2v) is 8.57. The Labute approximate surface area is 129 Å². The van der Waals surface area contributed by atoms with Gasteiger partial charge in [-0.15, -0.1) is 11.6 Å². The van der Waals surface area contributed by atoms with Gasteiger partial charge in [-0.05, 0) is 30.4 Å². The van der Waals surface area contributed by atoms with Gasteiger partial charge in [0.25, 0.3) is 0 Å². The average molecular weight is 328 g/mol. The molecule has 2 aliphatic rings. The van der Waals surface area contributed by atoms with Crippen LogP contribution in [-0.4, -0.2) is 37.2 Å². The minimum atomic E-state index is -3.13. The molecule has 0 radical (unpaired) electrons. The molecule has 0 saturated carbocycles. The predicted molar refractivity (Wildman–Crippen MR) is 82.3 cm³/mol. The lowest BCUT2D eigenvalue weighted by molar-refractivity contribution is -0.123. The van der Waals surface area contributed by atoms with Crippen molar-refractivity contribution in [2.45, 2.75) is 36.6 Å². The summed E-state index contributed by atoms with van der Waals surface area (Å²) in [7, 11) is -3.13. The first kappa shape index (κ1) is 14.9. The molecule has 0 aromatic heterocycles. The molecule has 1 fully saturated rings. The first-order valence-electron chi connectivity index (χ1n) is 7.19. The van der Waals surface area contributed by atoms with E-state index in [1.165, 1.54) is 5.56 Å². The highest BCUT2D eigenvalue weighted by atomic mass is 35.5. The van der Waals surface area contributed by atoms with Gasteiger partial charge in [0.05, 0.1) is 28.8 Å². The van der Waals surface area contributed by atoms with E-state index in [4.69, 9.17) is 11.6 Å². The Bertz CT molecular complexity index is 659. The maximum atomic E-state index is 12.5. The van der Waals surface area contributed by atoms with Crippen molar-refractivity contribution < 1.29 is 13.2 Å². The highest BCUT2D eigenvalue weighted by molar-refractivity contribution is 7.91. The number of hydrogen-bond donors (Lipinski definition) is 1. The first-order valence-corrected chi connectivity index (χ1v) is 9.45. The van der Waals surface area contributed by atoms with Gasteiger partial charge in [0.1, 0.15) is 0 Å². The van der Waals surface area contributed by atoms with Crippen LogP contribution in [0.3, 0.4) is 0 Å². The second-order valence-electron chi connectivity index (χ2n) is 5.85. The van der Waals surface area contributed by atoms with E-state index in [1.807, 2.05) is 18.2 Å². The fourth-order valence-electron chi connectivity index (χ4n) is 3.25. The van der Waals surface area contributed by atoms with Crippen LogP contribution in [0.2, 0.25) is 0 Å². The molecule has 1 heterocycles. The third-order valence-electron chi connectivity index (χ3n) is 4.30. The smallest absolute Gasteiger partial charge is 0.227 e. The van der Waals surface area contributed by atoms with Crippen molar-refractivity contribution in [1.82, 2.24) is 5.32 Å². The van der Waals surface area contributed by atoms with E-state index in [0.29, 0.717) is 0 Å². The van der Waals surface area contributed by atoms with Gasteiger partial charge < -0.3 is 5.32 Å². The van der Waals surface area contributed by atoms with E-state index in [-0.39, 0.29) is 23.3 Å². The summed E-state index contributed by atoms with van der Waals surface area (Å²) in [4.78, 5) is 12.5. The van der Waals surface area contributed by atoms with Crippen molar-refractivity contribution in [3.05, 3.63) is 35.4 Å². The lowest BCUT2D eigenvalue weighted by Gasteiger charge is -2.26. The zero-order valence-corrected chi connectivity index (χ0v) is 13.2. The van der Waals surface area contributed by atoms with Gasteiger partial charge in [-0.1, -0.05) is 24.3 Å². The molecule has 3 rings (SSSR count). The molecule has 4 nitrogen and oxygen atoms in total. The van der Waals surface area contributed by atoms with Crippen LogP contribution < -0.4 is 5.32 Å². The number of alkyl halides is 1. The van der Waals surface area contributed by atoms with E-state index in [2.05, 4.69) is 11.4 Å². The molecule has 1 N–H and O–H groups in total. The summed E-state index contributed by atoms with van der Waals surface area (Å²) in [6, 6.07) is 7.49. The third-order valence-corrected chi connectivity index (χ3v) is 6.67. The number of aryl methyl sites for hydroxylation is 1. The van der Waals surface area contributed by atoms with Crippen LogP contribution in [-0.2, 0) is 21.1 Å². The lowest BCUT2D eigenvalue weighted by Crippen LogP contribution is -2.43. The number of benzene rings is 1. The molecule has 1 aliphatic heterocycles. The minimum absolute atomic E-state index is 0.0543. The number of carbonyl (C=O) groups excluding carboxylic acids is 1. The van der Waals surface area contributed by atoms with Crippen LogP contribution in [0.15, 0.2) is 24.3 Å². The Morgan fingerprint density at radius 2 is 2.00 bits per heavy atom. The Morgan fingerprint density at radius 3 is 2.71 bits per heavy atom. The molecule has 1 aliphatic carbocycles. The number of fused-ring (bicyclic) bond motifs is 1. The molecule has 3 atom stereocenters. The number of halogens is 1. The molecule has 3 unspecified atom stereocenters. The van der Waals surface area contributed by atoms with Crippen molar-refractivity contribution in [2.24, 2.45) is 0 Å². The van der Waals surface area contributed by atoms with Crippen LogP contribution in [0.4, 0.5) is 0 Å². The molecule has 0 spiro atoms. The van der Waals surface area contributed by atoms with Gasteiger partial charge in [0.2, 0.25) is 5.91 Å². The topological polar surface area (TPSA) is 63.2 Å². The molecule has 6 heteroatoms. The Balaban J connectivity index is 1.75. The number of carbonyl (C=O) groups is 1. The Morgan fingerprint density at radius 1 is 1.24 bits per heavy atom. The van der Waals surface area contributed by atoms with Crippen LogP contribution >= 0.6 is 11.6 Å². The van der Waals surface area contributed by atoms with Crippen LogP contribution in [0, 0.1) is 0 Å². The quantitative estimate of drug-likeness (QED) is 0.840.